The summed E-state index contributed by atoms with van der Waals surface area (Å²) >= 11 is 0. The molecular formula is C18H27NO3S. The summed E-state index contributed by atoms with van der Waals surface area (Å²) in [6.45, 7) is 2.07. The summed E-state index contributed by atoms with van der Waals surface area (Å²) < 4.78 is 23.5. The van der Waals surface area contributed by atoms with E-state index < -0.39 is 9.84 Å². The normalized spacial score (nSPS) is 23.2. The van der Waals surface area contributed by atoms with Crippen LogP contribution in [0.4, 0.5) is 0 Å². The Morgan fingerprint density at radius 1 is 1.26 bits per heavy atom. The minimum absolute atomic E-state index is 0.0252. The number of carbonyl (C=O) groups excluding carboxylic acids is 1. The maximum Gasteiger partial charge on any atom is 0.227 e. The molecule has 0 heterocycles. The van der Waals surface area contributed by atoms with Gasteiger partial charge in [0, 0.05) is 12.3 Å². The van der Waals surface area contributed by atoms with E-state index >= 15 is 0 Å². The standard InChI is InChI=1S/C18H27NO3S/c1-3-8-17(14-9-5-4-6-10-14)18(20)19-15-11-7-12-16(13-15)23(2,21)22/h4-6,9-10,15-17H,3,7-8,11-13H2,1-2H3,(H,19,20)/t15-,16+,17+/m1/s1. The summed E-state index contributed by atoms with van der Waals surface area (Å²) in [6, 6.07) is 9.79. The highest BCUT2D eigenvalue weighted by Crippen LogP contribution is 2.26. The Bertz CT molecular complexity index is 612. The number of benzene rings is 1. The predicted octanol–water partition coefficient (Wildman–Crippen LogP) is 3.04. The lowest BCUT2D eigenvalue weighted by molar-refractivity contribution is -0.123. The molecule has 1 N–H and O–H groups in total. The largest absolute Gasteiger partial charge is 0.353 e. The van der Waals surface area contributed by atoms with Crippen LogP contribution >= 0.6 is 0 Å². The van der Waals surface area contributed by atoms with Crippen LogP contribution in [-0.4, -0.2) is 31.9 Å². The fourth-order valence-corrected chi connectivity index (χ4v) is 4.57. The molecule has 0 aromatic heterocycles. The molecule has 2 rings (SSSR count). The summed E-state index contributed by atoms with van der Waals surface area (Å²) in [5, 5.41) is 2.78. The first-order chi connectivity index (χ1) is 10.9. The van der Waals surface area contributed by atoms with Crippen molar-refractivity contribution in [1.82, 2.24) is 5.32 Å². The fraction of sp³-hybridized carbons (Fsp3) is 0.611. The zero-order valence-electron chi connectivity index (χ0n) is 14.0. The molecule has 0 saturated heterocycles. The monoisotopic (exact) mass is 337 g/mol. The van der Waals surface area contributed by atoms with E-state index in [0.717, 1.165) is 31.2 Å². The van der Waals surface area contributed by atoms with Gasteiger partial charge in [-0.1, -0.05) is 50.1 Å². The lowest BCUT2D eigenvalue weighted by atomic mass is 9.91. The predicted molar refractivity (Wildman–Crippen MR) is 93.1 cm³/mol. The highest BCUT2D eigenvalue weighted by molar-refractivity contribution is 7.91. The van der Waals surface area contributed by atoms with Gasteiger partial charge in [0.1, 0.15) is 9.84 Å². The van der Waals surface area contributed by atoms with E-state index in [1.54, 1.807) is 0 Å². The molecule has 0 unspecified atom stereocenters. The number of carbonyl (C=O) groups is 1. The van der Waals surface area contributed by atoms with Gasteiger partial charge in [-0.05, 0) is 31.2 Å². The summed E-state index contributed by atoms with van der Waals surface area (Å²) in [5.41, 5.74) is 1.03. The van der Waals surface area contributed by atoms with Gasteiger partial charge in [0.2, 0.25) is 5.91 Å². The van der Waals surface area contributed by atoms with Crippen LogP contribution in [0.3, 0.4) is 0 Å². The van der Waals surface area contributed by atoms with Crippen LogP contribution in [0.25, 0.3) is 0 Å². The molecular weight excluding hydrogens is 310 g/mol. The SMILES string of the molecule is CCC[C@H](C(=O)N[C@@H]1CCC[C@H](S(C)(=O)=O)C1)c1ccccc1. The van der Waals surface area contributed by atoms with E-state index in [1.807, 2.05) is 30.3 Å². The molecule has 4 nitrogen and oxygen atoms in total. The van der Waals surface area contributed by atoms with Crippen molar-refractivity contribution in [1.29, 1.82) is 0 Å². The van der Waals surface area contributed by atoms with Crippen LogP contribution in [-0.2, 0) is 14.6 Å². The first-order valence-corrected chi connectivity index (χ1v) is 10.4. The van der Waals surface area contributed by atoms with Crippen LogP contribution in [0.2, 0.25) is 0 Å². The number of nitrogens with one attached hydrogen (secondary N) is 1. The molecule has 1 aromatic rings. The zero-order chi connectivity index (χ0) is 16.9. The first kappa shape index (κ1) is 18.0. The Labute approximate surface area is 139 Å². The van der Waals surface area contributed by atoms with Crippen molar-refractivity contribution in [2.75, 3.05) is 6.26 Å². The van der Waals surface area contributed by atoms with Crippen molar-refractivity contribution in [2.24, 2.45) is 0 Å². The molecule has 1 saturated carbocycles. The summed E-state index contributed by atoms with van der Waals surface area (Å²) in [7, 11) is -3.03. The third-order valence-electron chi connectivity index (χ3n) is 4.67. The Hall–Kier alpha value is -1.36. The molecule has 1 amide bonds. The minimum atomic E-state index is -3.03. The average Bonchev–Trinajstić information content (AvgIpc) is 2.53. The Morgan fingerprint density at radius 3 is 2.57 bits per heavy atom. The molecule has 0 bridgehead atoms. The quantitative estimate of drug-likeness (QED) is 0.868. The third kappa shape index (κ3) is 5.06. The van der Waals surface area contributed by atoms with Gasteiger partial charge in [0.15, 0.2) is 0 Å². The van der Waals surface area contributed by atoms with Crippen molar-refractivity contribution in [3.8, 4) is 0 Å². The maximum atomic E-state index is 12.7. The first-order valence-electron chi connectivity index (χ1n) is 8.46. The number of amides is 1. The van der Waals surface area contributed by atoms with Gasteiger partial charge >= 0.3 is 0 Å². The van der Waals surface area contributed by atoms with E-state index in [0.29, 0.717) is 12.8 Å². The number of rotatable bonds is 6. The van der Waals surface area contributed by atoms with Gasteiger partial charge in [0.05, 0.1) is 11.2 Å². The van der Waals surface area contributed by atoms with Crippen molar-refractivity contribution < 1.29 is 13.2 Å². The van der Waals surface area contributed by atoms with Crippen LogP contribution in [0.15, 0.2) is 30.3 Å². The Kier molecular flexibility index (Phi) is 6.22. The molecule has 1 aliphatic rings. The number of sulfone groups is 1. The van der Waals surface area contributed by atoms with Crippen LogP contribution in [0.5, 0.6) is 0 Å². The molecule has 128 valence electrons. The summed E-state index contributed by atoms with van der Waals surface area (Å²) in [4.78, 5) is 12.7. The van der Waals surface area contributed by atoms with E-state index in [4.69, 9.17) is 0 Å². The molecule has 1 aliphatic carbocycles. The van der Waals surface area contributed by atoms with E-state index in [9.17, 15) is 13.2 Å². The van der Waals surface area contributed by atoms with Gasteiger partial charge in [-0.15, -0.1) is 0 Å². The smallest absolute Gasteiger partial charge is 0.227 e. The highest BCUT2D eigenvalue weighted by Gasteiger charge is 2.31. The molecule has 1 fully saturated rings. The molecule has 3 atom stereocenters. The van der Waals surface area contributed by atoms with E-state index in [2.05, 4.69) is 12.2 Å². The third-order valence-corrected chi connectivity index (χ3v) is 6.31. The minimum Gasteiger partial charge on any atom is -0.353 e. The lowest BCUT2D eigenvalue weighted by Gasteiger charge is -2.30. The second-order valence-electron chi connectivity index (χ2n) is 6.58. The van der Waals surface area contributed by atoms with Crippen molar-refractivity contribution in [3.05, 3.63) is 35.9 Å². The van der Waals surface area contributed by atoms with Crippen LogP contribution in [0.1, 0.15) is 56.9 Å². The van der Waals surface area contributed by atoms with Crippen molar-refractivity contribution >= 4 is 15.7 Å². The summed E-state index contributed by atoms with van der Waals surface area (Å²) in [5.74, 6) is -0.128. The van der Waals surface area contributed by atoms with Crippen molar-refractivity contribution in [3.63, 3.8) is 0 Å². The van der Waals surface area contributed by atoms with Gasteiger partial charge in [0.25, 0.3) is 0 Å². The van der Waals surface area contributed by atoms with Crippen LogP contribution < -0.4 is 5.32 Å². The Morgan fingerprint density at radius 2 is 1.96 bits per heavy atom. The molecule has 5 heteroatoms. The van der Waals surface area contributed by atoms with Gasteiger partial charge < -0.3 is 5.32 Å². The van der Waals surface area contributed by atoms with Gasteiger partial charge in [-0.25, -0.2) is 8.42 Å². The average molecular weight is 337 g/mol. The molecule has 1 aromatic carbocycles. The van der Waals surface area contributed by atoms with Crippen LogP contribution in [0, 0.1) is 0 Å². The highest BCUT2D eigenvalue weighted by atomic mass is 32.2. The number of hydrogen-bond donors (Lipinski definition) is 1. The van der Waals surface area contributed by atoms with E-state index in [-0.39, 0.29) is 23.1 Å². The van der Waals surface area contributed by atoms with Crippen molar-refractivity contribution in [2.45, 2.75) is 62.7 Å². The summed E-state index contributed by atoms with van der Waals surface area (Å²) in [6.07, 6.45) is 6.01. The fourth-order valence-electron chi connectivity index (χ4n) is 3.39. The molecule has 0 radical (unpaired) electrons. The van der Waals surface area contributed by atoms with Gasteiger partial charge in [-0.3, -0.25) is 4.79 Å². The maximum absolute atomic E-state index is 12.7. The molecule has 23 heavy (non-hydrogen) atoms. The Balaban J connectivity index is 2.04. The molecule has 0 aliphatic heterocycles. The molecule has 0 spiro atoms. The number of hydrogen-bond acceptors (Lipinski definition) is 3. The topological polar surface area (TPSA) is 63.2 Å². The second kappa shape index (κ2) is 7.95. The lowest BCUT2D eigenvalue weighted by Crippen LogP contribution is -2.43. The van der Waals surface area contributed by atoms with Gasteiger partial charge in [-0.2, -0.15) is 0 Å². The zero-order valence-corrected chi connectivity index (χ0v) is 14.8. The van der Waals surface area contributed by atoms with E-state index in [1.165, 1.54) is 6.26 Å². The second-order valence-corrected chi connectivity index (χ2v) is 8.90.